The van der Waals surface area contributed by atoms with Crippen LogP contribution < -0.4 is 15.8 Å². The van der Waals surface area contributed by atoms with Crippen molar-refractivity contribution in [2.45, 2.75) is 24.8 Å². The number of fused-ring (bicyclic) bond motifs is 1. The number of rotatable bonds is 7. The van der Waals surface area contributed by atoms with E-state index in [9.17, 15) is 12.8 Å². The van der Waals surface area contributed by atoms with Gasteiger partial charge in [0.1, 0.15) is 0 Å². The first-order valence-electron chi connectivity index (χ1n) is 10.0. The van der Waals surface area contributed by atoms with Crippen LogP contribution in [0.2, 0.25) is 0 Å². The molecule has 2 heterocycles. The zero-order valence-corrected chi connectivity index (χ0v) is 18.5. The number of sulfonamides is 1. The number of primary sulfonamides is 1. The minimum atomic E-state index is -3.90. The Bertz CT molecular complexity index is 1490. The van der Waals surface area contributed by atoms with Crippen molar-refractivity contribution in [1.82, 2.24) is 14.5 Å². The summed E-state index contributed by atoms with van der Waals surface area (Å²) in [5.41, 5.74) is 2.52. The maximum Gasteiger partial charge on any atom is 0.238 e. The molecule has 0 amide bonds. The third-order valence-corrected chi connectivity index (χ3v) is 6.05. The highest BCUT2D eigenvalue weighted by Crippen LogP contribution is 2.26. The van der Waals surface area contributed by atoms with E-state index in [-0.39, 0.29) is 16.7 Å². The minimum absolute atomic E-state index is 0.0127. The van der Waals surface area contributed by atoms with Crippen molar-refractivity contribution in [3.05, 3.63) is 66.2 Å². The molecule has 4 rings (SSSR count). The topological polar surface area (TPSA) is 115 Å². The van der Waals surface area contributed by atoms with E-state index < -0.39 is 15.8 Å². The van der Waals surface area contributed by atoms with Gasteiger partial charge in [-0.05, 0) is 47.7 Å². The van der Waals surface area contributed by atoms with Crippen LogP contribution in [0.25, 0.3) is 10.9 Å². The van der Waals surface area contributed by atoms with Crippen molar-refractivity contribution >= 4 is 44.1 Å². The monoisotopic (exact) mass is 464 g/mol. The van der Waals surface area contributed by atoms with Crippen LogP contribution in [0, 0.1) is 18.2 Å². The van der Waals surface area contributed by atoms with Gasteiger partial charge in [0.05, 0.1) is 23.2 Å². The van der Waals surface area contributed by atoms with Gasteiger partial charge in [-0.3, -0.25) is 0 Å². The van der Waals surface area contributed by atoms with Crippen molar-refractivity contribution < 1.29 is 12.8 Å². The summed E-state index contributed by atoms with van der Waals surface area (Å²) < 4.78 is 40.1. The molecule has 10 heteroatoms. The van der Waals surface area contributed by atoms with Crippen molar-refractivity contribution in [2.75, 3.05) is 10.6 Å². The molecule has 0 spiro atoms. The highest BCUT2D eigenvalue weighted by Gasteiger charge is 2.15. The fourth-order valence-electron chi connectivity index (χ4n) is 3.47. The third kappa shape index (κ3) is 4.79. The summed E-state index contributed by atoms with van der Waals surface area (Å²) in [6.45, 7) is 2.25. The van der Waals surface area contributed by atoms with Gasteiger partial charge < -0.3 is 15.2 Å². The van der Waals surface area contributed by atoms with Crippen molar-refractivity contribution in [1.29, 1.82) is 0 Å². The lowest BCUT2D eigenvalue weighted by Gasteiger charge is -2.12. The van der Waals surface area contributed by atoms with Gasteiger partial charge in [0.25, 0.3) is 0 Å². The molecule has 2 aromatic carbocycles. The fourth-order valence-corrected chi connectivity index (χ4v) is 4.34. The number of hydrogen-bond donors (Lipinski definition) is 3. The maximum atomic E-state index is 14.4. The number of nitrogens with one attached hydrogen (secondary N) is 2. The standard InChI is InChI=1S/C23H21FN6O2S/c1-3-10-30-11-9-16-6-8-17(12-20(16)30)27-22-19(24)14-26-23(29-22)28-18-7-5-15(4-2)21(13-18)33(25,31)32/h1,5-9,11-14H,4,10H2,2H3,(H2,25,31,32)(H2,26,27,28,29). The highest BCUT2D eigenvalue weighted by molar-refractivity contribution is 7.89. The van der Waals surface area contributed by atoms with Gasteiger partial charge in [0, 0.05) is 17.6 Å². The van der Waals surface area contributed by atoms with E-state index in [1.807, 2.05) is 35.9 Å². The fraction of sp³-hybridized carbons (Fsp3) is 0.130. The molecule has 0 bridgehead atoms. The second-order valence-corrected chi connectivity index (χ2v) is 8.81. The molecule has 0 aliphatic carbocycles. The van der Waals surface area contributed by atoms with E-state index >= 15 is 0 Å². The van der Waals surface area contributed by atoms with E-state index in [1.165, 1.54) is 6.07 Å². The Labute approximate surface area is 190 Å². The number of nitrogens with two attached hydrogens (primary N) is 1. The first-order valence-corrected chi connectivity index (χ1v) is 11.6. The number of hydrogen-bond acceptors (Lipinski definition) is 6. The second-order valence-electron chi connectivity index (χ2n) is 7.28. The summed E-state index contributed by atoms with van der Waals surface area (Å²) in [4.78, 5) is 8.15. The molecule has 168 valence electrons. The summed E-state index contributed by atoms with van der Waals surface area (Å²) >= 11 is 0. The van der Waals surface area contributed by atoms with Gasteiger partial charge in [-0.1, -0.05) is 25.0 Å². The van der Waals surface area contributed by atoms with Crippen molar-refractivity contribution in [3.63, 3.8) is 0 Å². The zero-order valence-electron chi connectivity index (χ0n) is 17.7. The molecule has 0 saturated carbocycles. The largest absolute Gasteiger partial charge is 0.338 e. The zero-order chi connectivity index (χ0) is 23.6. The molecular formula is C23H21FN6O2S. The van der Waals surface area contributed by atoms with E-state index in [1.54, 1.807) is 18.2 Å². The minimum Gasteiger partial charge on any atom is -0.338 e. The van der Waals surface area contributed by atoms with Crippen LogP contribution in [0.15, 0.2) is 59.8 Å². The molecule has 0 aliphatic rings. The summed E-state index contributed by atoms with van der Waals surface area (Å²) in [6.07, 6.45) is 8.84. The Morgan fingerprint density at radius 3 is 2.64 bits per heavy atom. The van der Waals surface area contributed by atoms with Gasteiger partial charge >= 0.3 is 0 Å². The molecule has 0 aliphatic heterocycles. The molecule has 0 saturated heterocycles. The third-order valence-electron chi connectivity index (χ3n) is 5.05. The predicted octanol–water partition coefficient (Wildman–Crippen LogP) is 3.90. The van der Waals surface area contributed by atoms with Crippen molar-refractivity contribution in [3.8, 4) is 12.3 Å². The number of terminal acetylenes is 1. The molecule has 0 unspecified atom stereocenters. The molecule has 4 aromatic rings. The summed E-state index contributed by atoms with van der Waals surface area (Å²) in [6, 6.07) is 12.2. The van der Waals surface area contributed by atoms with Crippen LogP contribution in [0.4, 0.5) is 27.5 Å². The Morgan fingerprint density at radius 2 is 1.91 bits per heavy atom. The van der Waals surface area contributed by atoms with E-state index in [0.717, 1.165) is 17.1 Å². The lowest BCUT2D eigenvalue weighted by atomic mass is 10.1. The first kappa shape index (κ1) is 22.3. The molecule has 2 aromatic heterocycles. The molecule has 0 radical (unpaired) electrons. The average molecular weight is 465 g/mol. The van der Waals surface area contributed by atoms with E-state index in [4.69, 9.17) is 11.6 Å². The Kier molecular flexibility index (Phi) is 6.00. The number of aromatic nitrogens is 3. The molecule has 33 heavy (non-hydrogen) atoms. The molecule has 8 nitrogen and oxygen atoms in total. The summed E-state index contributed by atoms with van der Waals surface area (Å²) in [7, 11) is -3.90. The number of nitrogens with zero attached hydrogens (tertiary/aromatic N) is 3. The van der Waals surface area contributed by atoms with Gasteiger partial charge in [-0.15, -0.1) is 6.42 Å². The number of anilines is 4. The lowest BCUT2D eigenvalue weighted by Crippen LogP contribution is -2.15. The summed E-state index contributed by atoms with van der Waals surface area (Å²) in [5, 5.41) is 12.2. The summed E-state index contributed by atoms with van der Waals surface area (Å²) in [5.74, 6) is 1.99. The Hall–Kier alpha value is -3.94. The maximum absolute atomic E-state index is 14.4. The van der Waals surface area contributed by atoms with Crippen LogP contribution in [0.1, 0.15) is 12.5 Å². The van der Waals surface area contributed by atoms with Crippen molar-refractivity contribution in [2.24, 2.45) is 5.14 Å². The second kappa shape index (κ2) is 8.90. The van der Waals surface area contributed by atoms with Crippen LogP contribution in [-0.2, 0) is 23.0 Å². The number of aryl methyl sites for hydroxylation is 1. The quantitative estimate of drug-likeness (QED) is 0.357. The molecule has 0 fully saturated rings. The molecular weight excluding hydrogens is 443 g/mol. The van der Waals surface area contributed by atoms with Gasteiger partial charge in [-0.2, -0.15) is 4.98 Å². The van der Waals surface area contributed by atoms with Gasteiger partial charge in [-0.25, -0.2) is 22.9 Å². The van der Waals surface area contributed by atoms with Crippen LogP contribution in [0.5, 0.6) is 0 Å². The van der Waals surface area contributed by atoms with Crippen LogP contribution in [0.3, 0.4) is 0 Å². The first-order chi connectivity index (χ1) is 15.8. The number of benzene rings is 2. The Morgan fingerprint density at radius 1 is 1.15 bits per heavy atom. The normalized spacial score (nSPS) is 11.3. The predicted molar refractivity (Wildman–Crippen MR) is 127 cm³/mol. The smallest absolute Gasteiger partial charge is 0.238 e. The van der Waals surface area contributed by atoms with Crippen LogP contribution in [-0.4, -0.2) is 23.0 Å². The SMILES string of the molecule is C#CCn1ccc2ccc(Nc3nc(Nc4ccc(CC)c(S(N)(=O)=O)c4)ncc3F)cc21. The molecule has 4 N–H and O–H groups in total. The van der Waals surface area contributed by atoms with Gasteiger partial charge in [0.2, 0.25) is 16.0 Å². The Balaban J connectivity index is 1.62. The molecule has 0 atom stereocenters. The van der Waals surface area contributed by atoms with E-state index in [0.29, 0.717) is 29.9 Å². The number of halogens is 1. The lowest BCUT2D eigenvalue weighted by molar-refractivity contribution is 0.596. The van der Waals surface area contributed by atoms with E-state index in [2.05, 4.69) is 26.5 Å². The highest BCUT2D eigenvalue weighted by atomic mass is 32.2. The van der Waals surface area contributed by atoms with Gasteiger partial charge in [0.15, 0.2) is 11.6 Å². The van der Waals surface area contributed by atoms with Crippen LogP contribution >= 0.6 is 0 Å². The average Bonchev–Trinajstić information content (AvgIpc) is 3.18.